The van der Waals surface area contributed by atoms with E-state index in [9.17, 15) is 10.1 Å². The minimum Gasteiger partial charge on any atom is -0.382 e. The fourth-order valence-corrected chi connectivity index (χ4v) is 7.19. The van der Waals surface area contributed by atoms with Gasteiger partial charge in [0, 0.05) is 53.4 Å². The molecule has 4 atom stereocenters. The molecule has 2 fully saturated rings. The van der Waals surface area contributed by atoms with Gasteiger partial charge in [0.25, 0.3) is 0 Å². The maximum Gasteiger partial charge on any atom is 0.220 e. The number of amides is 1. The van der Waals surface area contributed by atoms with Crippen LogP contribution < -0.4 is 10.6 Å². The van der Waals surface area contributed by atoms with Gasteiger partial charge in [0.05, 0.1) is 28.7 Å². The molecule has 2 aliphatic carbocycles. The first-order chi connectivity index (χ1) is 20.6. The van der Waals surface area contributed by atoms with Crippen molar-refractivity contribution in [3.05, 3.63) is 53.7 Å². The summed E-state index contributed by atoms with van der Waals surface area (Å²) in [6.45, 7) is 10.9. The molecule has 224 valence electrons. The summed E-state index contributed by atoms with van der Waals surface area (Å²) in [5.74, 6) is 1.70. The molecule has 0 spiro atoms. The Labute approximate surface area is 254 Å². The highest BCUT2D eigenvalue weighted by Gasteiger charge is 2.45. The van der Waals surface area contributed by atoms with Gasteiger partial charge in [-0.05, 0) is 87.5 Å². The summed E-state index contributed by atoms with van der Waals surface area (Å²) in [5.41, 5.74) is 7.95. The molecule has 6 rings (SSSR count). The molecule has 1 aromatic carbocycles. The van der Waals surface area contributed by atoms with Crippen molar-refractivity contribution in [1.29, 1.82) is 5.26 Å². The van der Waals surface area contributed by atoms with E-state index >= 15 is 0 Å². The maximum atomic E-state index is 12.7. The lowest BCUT2D eigenvalue weighted by Crippen LogP contribution is -2.46. The van der Waals surface area contributed by atoms with E-state index in [4.69, 9.17) is 10.2 Å². The number of hydrogen-bond acceptors (Lipinski definition) is 6. The molecular weight excluding hydrogens is 534 g/mol. The topological polar surface area (TPSA) is 107 Å². The lowest BCUT2D eigenvalue weighted by molar-refractivity contribution is -0.123. The van der Waals surface area contributed by atoms with Crippen molar-refractivity contribution in [1.82, 2.24) is 14.9 Å². The average Bonchev–Trinajstić information content (AvgIpc) is 3.67. The van der Waals surface area contributed by atoms with Crippen LogP contribution in [0, 0.1) is 34.5 Å². The molecule has 2 saturated carbocycles. The van der Waals surface area contributed by atoms with Gasteiger partial charge in [-0.1, -0.05) is 32.9 Å². The number of nitriles is 1. The molecule has 3 aromatic rings. The number of nitrogens with one attached hydrogen (secondary N) is 2. The van der Waals surface area contributed by atoms with Crippen molar-refractivity contribution < 1.29 is 4.79 Å². The van der Waals surface area contributed by atoms with Gasteiger partial charge >= 0.3 is 0 Å². The predicted octanol–water partition coefficient (Wildman–Crippen LogP) is 6.99. The third-order valence-corrected chi connectivity index (χ3v) is 9.35. The number of carbonyl (C=O) groups is 1. The Hall–Kier alpha value is -3.99. The van der Waals surface area contributed by atoms with Crippen LogP contribution in [0.5, 0.6) is 0 Å². The first-order valence-corrected chi connectivity index (χ1v) is 15.8. The Balaban J connectivity index is 1.15. The van der Waals surface area contributed by atoms with E-state index < -0.39 is 0 Å². The van der Waals surface area contributed by atoms with Gasteiger partial charge in [-0.2, -0.15) is 20.6 Å². The Morgan fingerprint density at radius 1 is 1.09 bits per heavy atom. The third-order valence-electron chi connectivity index (χ3n) is 9.35. The van der Waals surface area contributed by atoms with Crippen LogP contribution in [-0.2, 0) is 4.79 Å². The number of fused-ring (bicyclic) bond motifs is 3. The fraction of sp³-hybridized carbons (Fsp3) is 0.514. The zero-order valence-electron chi connectivity index (χ0n) is 26.0. The summed E-state index contributed by atoms with van der Waals surface area (Å²) in [7, 11) is 0. The van der Waals surface area contributed by atoms with Crippen molar-refractivity contribution in [3.63, 3.8) is 0 Å². The Kier molecular flexibility index (Phi) is 7.85. The monoisotopic (exact) mass is 577 g/mol. The number of carbonyl (C=O) groups excluding carboxylic acids is 1. The average molecular weight is 578 g/mol. The first-order valence-electron chi connectivity index (χ1n) is 15.8. The summed E-state index contributed by atoms with van der Waals surface area (Å²) in [5, 5.41) is 30.3. The van der Waals surface area contributed by atoms with Gasteiger partial charge in [0.1, 0.15) is 6.07 Å². The molecule has 2 unspecified atom stereocenters. The predicted molar refractivity (Wildman–Crippen MR) is 172 cm³/mol. The van der Waals surface area contributed by atoms with Crippen LogP contribution >= 0.6 is 0 Å². The maximum absolute atomic E-state index is 12.7. The van der Waals surface area contributed by atoms with E-state index in [0.29, 0.717) is 35.8 Å². The quantitative estimate of drug-likeness (QED) is 0.301. The number of benzene rings is 1. The van der Waals surface area contributed by atoms with Crippen molar-refractivity contribution >= 4 is 28.5 Å². The van der Waals surface area contributed by atoms with Crippen molar-refractivity contribution in [2.45, 2.75) is 91.6 Å². The SMILES string of the molecule is CC(C)Nc1cc(-c2ccc3cc(C#N)cnn23)ccc1C1=NN=C(C2C[C@H]3CC[C@@H](C2)C3NC(=O)CCC(C)(C)C)C1. The van der Waals surface area contributed by atoms with Crippen LogP contribution in [0.4, 0.5) is 5.69 Å². The van der Waals surface area contributed by atoms with Crippen molar-refractivity contribution in [2.24, 2.45) is 33.4 Å². The zero-order valence-corrected chi connectivity index (χ0v) is 26.0. The largest absolute Gasteiger partial charge is 0.382 e. The second-order valence-corrected chi connectivity index (χ2v) is 14.2. The molecule has 2 N–H and O–H groups in total. The number of nitrogens with zero attached hydrogens (tertiary/aromatic N) is 5. The number of anilines is 1. The Morgan fingerprint density at radius 2 is 1.86 bits per heavy atom. The summed E-state index contributed by atoms with van der Waals surface area (Å²) in [6.07, 6.45) is 8.44. The molecule has 3 heterocycles. The molecule has 0 radical (unpaired) electrons. The van der Waals surface area contributed by atoms with Gasteiger partial charge in [-0.15, -0.1) is 0 Å². The minimum atomic E-state index is 0.175. The van der Waals surface area contributed by atoms with E-state index in [-0.39, 0.29) is 17.4 Å². The lowest BCUT2D eigenvalue weighted by atomic mass is 9.74. The lowest BCUT2D eigenvalue weighted by Gasteiger charge is -2.36. The third kappa shape index (κ3) is 6.22. The van der Waals surface area contributed by atoms with E-state index in [1.807, 2.05) is 22.7 Å². The molecule has 2 bridgehead atoms. The van der Waals surface area contributed by atoms with Crippen LogP contribution in [0.2, 0.25) is 0 Å². The highest BCUT2D eigenvalue weighted by Crippen LogP contribution is 2.46. The summed E-state index contributed by atoms with van der Waals surface area (Å²) in [4.78, 5) is 12.7. The van der Waals surface area contributed by atoms with E-state index in [2.05, 4.69) is 74.6 Å². The normalized spacial score (nSPS) is 23.3. The van der Waals surface area contributed by atoms with Gasteiger partial charge < -0.3 is 10.6 Å². The van der Waals surface area contributed by atoms with Crippen LogP contribution in [0.3, 0.4) is 0 Å². The smallest absolute Gasteiger partial charge is 0.220 e. The van der Waals surface area contributed by atoms with Gasteiger partial charge in [-0.3, -0.25) is 4.79 Å². The second kappa shape index (κ2) is 11.6. The van der Waals surface area contributed by atoms with Crippen molar-refractivity contribution in [3.8, 4) is 17.3 Å². The molecule has 8 nitrogen and oxygen atoms in total. The van der Waals surface area contributed by atoms with Crippen LogP contribution in [-0.4, -0.2) is 39.0 Å². The first kappa shape index (κ1) is 29.1. The highest BCUT2D eigenvalue weighted by molar-refractivity contribution is 6.18. The van der Waals surface area contributed by atoms with Gasteiger partial charge in [0.15, 0.2) is 0 Å². The zero-order chi connectivity index (χ0) is 30.3. The molecule has 2 aromatic heterocycles. The molecule has 8 heteroatoms. The van der Waals surface area contributed by atoms with E-state index in [1.165, 1.54) is 18.6 Å². The van der Waals surface area contributed by atoms with E-state index in [0.717, 1.165) is 59.4 Å². The van der Waals surface area contributed by atoms with Crippen LogP contribution in [0.25, 0.3) is 16.8 Å². The summed E-state index contributed by atoms with van der Waals surface area (Å²) < 4.78 is 1.88. The van der Waals surface area contributed by atoms with Crippen LogP contribution in [0.15, 0.2) is 52.8 Å². The van der Waals surface area contributed by atoms with Gasteiger partial charge in [-0.25, -0.2) is 4.52 Å². The summed E-state index contributed by atoms with van der Waals surface area (Å²) >= 11 is 0. The Bertz CT molecular complexity index is 1620. The Morgan fingerprint density at radius 3 is 2.56 bits per heavy atom. The fourth-order valence-electron chi connectivity index (χ4n) is 7.19. The molecule has 43 heavy (non-hydrogen) atoms. The molecular formula is C35H43N7O. The highest BCUT2D eigenvalue weighted by atomic mass is 16.1. The van der Waals surface area contributed by atoms with E-state index in [1.54, 1.807) is 6.20 Å². The molecule has 3 aliphatic rings. The molecule has 0 saturated heterocycles. The summed E-state index contributed by atoms with van der Waals surface area (Å²) in [6, 6.07) is 15.1. The number of rotatable bonds is 8. The van der Waals surface area contributed by atoms with Gasteiger partial charge in [0.2, 0.25) is 5.91 Å². The standard InChI is InChI=1S/C35H43N7O/c1-21(2)38-30-17-23(32-11-9-27-14-22(19-36)20-37-42(27)32)8-10-28(30)31-18-29(40-41-31)26-15-24-6-7-25(16-26)34(24)39-33(43)12-13-35(3,4)5/h8-11,14,17,20-21,24-26,34,38H,6-7,12-13,15-16,18H2,1-5H3,(H,39,43)/t24-,25+,26?,34?. The molecule has 1 aliphatic heterocycles. The van der Waals surface area contributed by atoms with Crippen molar-refractivity contribution in [2.75, 3.05) is 5.32 Å². The molecule has 1 amide bonds. The second-order valence-electron chi connectivity index (χ2n) is 14.2. The number of aromatic nitrogens is 2. The minimum absolute atomic E-state index is 0.175. The van der Waals surface area contributed by atoms with Crippen LogP contribution in [0.1, 0.15) is 90.7 Å². The number of hydrogen-bond donors (Lipinski definition) is 2.